The van der Waals surface area contributed by atoms with E-state index in [9.17, 15) is 0 Å². The number of aromatic nitrogens is 1. The number of hydrogen-bond donors (Lipinski definition) is 1. The maximum absolute atomic E-state index is 5.63. The summed E-state index contributed by atoms with van der Waals surface area (Å²) in [5, 5.41) is 0. The Bertz CT molecular complexity index is 383. The minimum absolute atomic E-state index is 0.524. The lowest BCUT2D eigenvalue weighted by atomic mass is 10.1. The Morgan fingerprint density at radius 3 is 2.53 bits per heavy atom. The molecule has 0 bridgehead atoms. The van der Waals surface area contributed by atoms with Crippen molar-refractivity contribution in [2.75, 3.05) is 32.7 Å². The van der Waals surface area contributed by atoms with Crippen LogP contribution in [0, 0.1) is 5.92 Å². The van der Waals surface area contributed by atoms with Gasteiger partial charge in [0.15, 0.2) is 0 Å². The van der Waals surface area contributed by atoms with E-state index in [2.05, 4.69) is 40.8 Å². The van der Waals surface area contributed by atoms with Crippen molar-refractivity contribution in [2.45, 2.75) is 26.9 Å². The fraction of sp³-hybridized carbons (Fsp3) is 0.667. The Morgan fingerprint density at radius 1 is 1.21 bits per heavy atom. The molecule has 2 rings (SSSR count). The molecular weight excluding hydrogens is 236 g/mol. The first-order valence-corrected chi connectivity index (χ1v) is 7.26. The number of rotatable bonds is 5. The second-order valence-corrected chi connectivity index (χ2v) is 5.83. The van der Waals surface area contributed by atoms with Crippen LogP contribution in [0.15, 0.2) is 18.3 Å². The summed E-state index contributed by atoms with van der Waals surface area (Å²) in [6.07, 6.45) is 1.87. The van der Waals surface area contributed by atoms with Gasteiger partial charge < -0.3 is 10.6 Å². The van der Waals surface area contributed by atoms with Crippen LogP contribution in [0.1, 0.15) is 25.1 Å². The van der Waals surface area contributed by atoms with Crippen LogP contribution in [-0.2, 0) is 13.1 Å². The highest BCUT2D eigenvalue weighted by atomic mass is 15.3. The normalized spacial score (nSPS) is 18.1. The summed E-state index contributed by atoms with van der Waals surface area (Å²) in [4.78, 5) is 9.33. The number of nitrogens with two attached hydrogens (primary N) is 1. The summed E-state index contributed by atoms with van der Waals surface area (Å²) < 4.78 is 0. The van der Waals surface area contributed by atoms with Gasteiger partial charge in [0.25, 0.3) is 0 Å². The third-order valence-corrected chi connectivity index (χ3v) is 3.58. The molecule has 4 nitrogen and oxygen atoms in total. The lowest BCUT2D eigenvalue weighted by Gasteiger charge is -2.35. The molecule has 1 aliphatic rings. The molecule has 0 saturated carbocycles. The van der Waals surface area contributed by atoms with Gasteiger partial charge in [0.1, 0.15) is 0 Å². The molecule has 1 aromatic rings. The Kier molecular flexibility index (Phi) is 5.31. The van der Waals surface area contributed by atoms with E-state index in [-0.39, 0.29) is 0 Å². The van der Waals surface area contributed by atoms with Gasteiger partial charge in [-0.3, -0.25) is 9.88 Å². The number of pyridine rings is 1. The predicted octanol–water partition coefficient (Wildman–Crippen LogP) is 1.31. The van der Waals surface area contributed by atoms with Gasteiger partial charge in [-0.15, -0.1) is 0 Å². The van der Waals surface area contributed by atoms with Gasteiger partial charge >= 0.3 is 0 Å². The SMILES string of the molecule is CC(C)CN1CCN(Cc2ccnc(CN)c2)CC1. The van der Waals surface area contributed by atoms with Gasteiger partial charge in [-0.1, -0.05) is 13.8 Å². The van der Waals surface area contributed by atoms with E-state index in [1.54, 1.807) is 0 Å². The van der Waals surface area contributed by atoms with E-state index in [1.165, 1.54) is 25.2 Å². The minimum atomic E-state index is 0.524. The average Bonchev–Trinajstić information content (AvgIpc) is 2.41. The van der Waals surface area contributed by atoms with Crippen LogP contribution in [0.25, 0.3) is 0 Å². The molecule has 4 heteroatoms. The molecule has 1 aromatic heterocycles. The molecule has 0 atom stereocenters. The Balaban J connectivity index is 1.81. The van der Waals surface area contributed by atoms with Crippen molar-refractivity contribution in [3.63, 3.8) is 0 Å². The topological polar surface area (TPSA) is 45.4 Å². The molecule has 0 amide bonds. The Hall–Kier alpha value is -0.970. The van der Waals surface area contributed by atoms with Gasteiger partial charge in [-0.05, 0) is 23.6 Å². The molecule has 0 spiro atoms. The van der Waals surface area contributed by atoms with Crippen LogP contribution in [0.5, 0.6) is 0 Å². The lowest BCUT2D eigenvalue weighted by Crippen LogP contribution is -2.46. The molecular formula is C15H26N4. The fourth-order valence-electron chi connectivity index (χ4n) is 2.64. The first-order valence-electron chi connectivity index (χ1n) is 7.26. The fourth-order valence-corrected chi connectivity index (χ4v) is 2.64. The van der Waals surface area contributed by atoms with Crippen LogP contribution in [0.3, 0.4) is 0 Å². The highest BCUT2D eigenvalue weighted by molar-refractivity contribution is 5.16. The van der Waals surface area contributed by atoms with Crippen LogP contribution in [0.4, 0.5) is 0 Å². The predicted molar refractivity (Wildman–Crippen MR) is 78.7 cm³/mol. The molecule has 19 heavy (non-hydrogen) atoms. The van der Waals surface area contributed by atoms with Gasteiger partial charge in [-0.25, -0.2) is 0 Å². The number of nitrogens with zero attached hydrogens (tertiary/aromatic N) is 3. The highest BCUT2D eigenvalue weighted by Crippen LogP contribution is 2.10. The zero-order valence-corrected chi connectivity index (χ0v) is 12.2. The van der Waals surface area contributed by atoms with Crippen molar-refractivity contribution in [3.05, 3.63) is 29.6 Å². The van der Waals surface area contributed by atoms with Crippen molar-refractivity contribution in [1.82, 2.24) is 14.8 Å². The van der Waals surface area contributed by atoms with E-state index in [1.807, 2.05) is 6.20 Å². The zero-order valence-electron chi connectivity index (χ0n) is 12.2. The molecule has 0 unspecified atom stereocenters. The van der Waals surface area contributed by atoms with Gasteiger partial charge in [-0.2, -0.15) is 0 Å². The second kappa shape index (κ2) is 6.98. The van der Waals surface area contributed by atoms with Gasteiger partial charge in [0, 0.05) is 52.0 Å². The first kappa shape index (κ1) is 14.4. The summed E-state index contributed by atoms with van der Waals surface area (Å²) in [5.74, 6) is 0.763. The van der Waals surface area contributed by atoms with E-state index in [0.29, 0.717) is 6.54 Å². The van der Waals surface area contributed by atoms with E-state index < -0.39 is 0 Å². The lowest BCUT2D eigenvalue weighted by molar-refractivity contribution is 0.117. The molecule has 0 aliphatic carbocycles. The molecule has 0 aromatic carbocycles. The van der Waals surface area contributed by atoms with Crippen LogP contribution >= 0.6 is 0 Å². The quantitative estimate of drug-likeness (QED) is 0.869. The second-order valence-electron chi connectivity index (χ2n) is 5.83. The van der Waals surface area contributed by atoms with Gasteiger partial charge in [0.2, 0.25) is 0 Å². The third-order valence-electron chi connectivity index (χ3n) is 3.58. The summed E-state index contributed by atoms with van der Waals surface area (Å²) in [6.45, 7) is 12.0. The van der Waals surface area contributed by atoms with E-state index in [0.717, 1.165) is 31.2 Å². The molecule has 106 valence electrons. The number of piperazine rings is 1. The summed E-state index contributed by atoms with van der Waals surface area (Å²) in [7, 11) is 0. The summed E-state index contributed by atoms with van der Waals surface area (Å²) in [5.41, 5.74) is 7.94. The third kappa shape index (κ3) is 4.56. The molecule has 2 heterocycles. The maximum Gasteiger partial charge on any atom is 0.0542 e. The summed E-state index contributed by atoms with van der Waals surface area (Å²) in [6, 6.07) is 4.22. The van der Waals surface area contributed by atoms with Crippen LogP contribution in [-0.4, -0.2) is 47.5 Å². The van der Waals surface area contributed by atoms with Crippen LogP contribution < -0.4 is 5.73 Å². The molecule has 2 N–H and O–H groups in total. The molecule has 1 fully saturated rings. The molecule has 1 aliphatic heterocycles. The minimum Gasteiger partial charge on any atom is -0.325 e. The average molecular weight is 262 g/mol. The maximum atomic E-state index is 5.63. The Morgan fingerprint density at radius 2 is 1.89 bits per heavy atom. The summed E-state index contributed by atoms with van der Waals surface area (Å²) >= 11 is 0. The first-order chi connectivity index (χ1) is 9.17. The molecule has 0 radical (unpaired) electrons. The Labute approximate surface area is 116 Å². The van der Waals surface area contributed by atoms with E-state index in [4.69, 9.17) is 5.73 Å². The van der Waals surface area contributed by atoms with E-state index >= 15 is 0 Å². The van der Waals surface area contributed by atoms with Gasteiger partial charge in [0.05, 0.1) is 5.69 Å². The van der Waals surface area contributed by atoms with Crippen molar-refractivity contribution in [2.24, 2.45) is 11.7 Å². The smallest absolute Gasteiger partial charge is 0.0542 e. The van der Waals surface area contributed by atoms with Crippen LogP contribution in [0.2, 0.25) is 0 Å². The van der Waals surface area contributed by atoms with Crippen molar-refractivity contribution < 1.29 is 0 Å². The van der Waals surface area contributed by atoms with Crippen molar-refractivity contribution >= 4 is 0 Å². The van der Waals surface area contributed by atoms with Crippen molar-refractivity contribution in [1.29, 1.82) is 0 Å². The largest absolute Gasteiger partial charge is 0.325 e. The number of hydrogen-bond acceptors (Lipinski definition) is 4. The zero-order chi connectivity index (χ0) is 13.7. The highest BCUT2D eigenvalue weighted by Gasteiger charge is 2.17. The van der Waals surface area contributed by atoms with Crippen molar-refractivity contribution in [3.8, 4) is 0 Å². The monoisotopic (exact) mass is 262 g/mol. The molecule has 1 saturated heterocycles. The standard InChI is InChI=1S/C15H26N4/c1-13(2)11-18-5-7-19(8-6-18)12-14-3-4-17-15(9-14)10-16/h3-4,9,13H,5-8,10-12,16H2,1-2H3.